The highest BCUT2D eigenvalue weighted by Crippen LogP contribution is 1.71. The van der Waals surface area contributed by atoms with Crippen molar-refractivity contribution in [3.8, 4) is 0 Å². The first kappa shape index (κ1) is 6.40. The largest absolute Gasteiger partial charge is 0.280 e. The molecule has 0 N–H and O–H groups in total. The topological polar surface area (TPSA) is 8.81 Å². The van der Waals surface area contributed by atoms with Crippen molar-refractivity contribution in [2.45, 2.75) is 6.82 Å². The van der Waals surface area contributed by atoms with Crippen LogP contribution < -0.4 is 10.3 Å². The van der Waals surface area contributed by atoms with Crippen molar-refractivity contribution in [2.24, 2.45) is 14.1 Å². The van der Waals surface area contributed by atoms with E-state index in [0.717, 1.165) is 0 Å². The number of rotatable bonds is 1. The van der Waals surface area contributed by atoms with E-state index in [2.05, 4.69) is 16.4 Å². The third-order valence-electron chi connectivity index (χ3n) is 1.49. The standard InChI is InChI=1S/C6H11BN2/c1-7-6-8(2)4-5-9(6)3/h4-5H,1-3H3. The van der Waals surface area contributed by atoms with E-state index in [0.29, 0.717) is 0 Å². The summed E-state index contributed by atoms with van der Waals surface area (Å²) in [6.07, 6.45) is 4.07. The molecule has 0 spiro atoms. The first-order chi connectivity index (χ1) is 4.25. The zero-order valence-electron chi connectivity index (χ0n) is 6.13. The van der Waals surface area contributed by atoms with Crippen LogP contribution in [0.3, 0.4) is 0 Å². The molecule has 1 aromatic rings. The van der Waals surface area contributed by atoms with Gasteiger partial charge in [0.05, 0.1) is 14.1 Å². The number of hydrogen-bond acceptors (Lipinski definition) is 0. The summed E-state index contributed by atoms with van der Waals surface area (Å²) in [6, 6.07) is 0. The van der Waals surface area contributed by atoms with Crippen molar-refractivity contribution >= 4 is 13.0 Å². The van der Waals surface area contributed by atoms with Gasteiger partial charge in [-0.15, -0.1) is 0 Å². The first-order valence-corrected chi connectivity index (χ1v) is 3.06. The highest BCUT2D eigenvalue weighted by atomic mass is 15.1. The molecule has 0 aliphatic carbocycles. The van der Waals surface area contributed by atoms with Crippen LogP contribution in [0.1, 0.15) is 0 Å². The highest BCUT2D eigenvalue weighted by Gasteiger charge is 1.94. The second-order valence-corrected chi connectivity index (χ2v) is 2.17. The molecule has 1 rings (SSSR count). The van der Waals surface area contributed by atoms with Crippen molar-refractivity contribution in [3.05, 3.63) is 12.4 Å². The molecule has 0 saturated carbocycles. The van der Waals surface area contributed by atoms with Crippen LogP contribution in [0, 0.1) is 0 Å². The van der Waals surface area contributed by atoms with E-state index in [-0.39, 0.29) is 0 Å². The predicted octanol–water partition coefficient (Wildman–Crippen LogP) is -0.773. The van der Waals surface area contributed by atoms with E-state index in [1.54, 1.807) is 0 Å². The molecular formula is C6H11BN2. The van der Waals surface area contributed by atoms with Crippen molar-refractivity contribution in [1.82, 2.24) is 4.57 Å². The van der Waals surface area contributed by atoms with E-state index >= 15 is 0 Å². The highest BCUT2D eigenvalue weighted by molar-refractivity contribution is 6.48. The van der Waals surface area contributed by atoms with Gasteiger partial charge in [0.1, 0.15) is 12.4 Å². The van der Waals surface area contributed by atoms with Crippen LogP contribution in [0.5, 0.6) is 0 Å². The second kappa shape index (κ2) is 2.25. The molecule has 0 amide bonds. The van der Waals surface area contributed by atoms with Crippen LogP contribution in [0.25, 0.3) is 0 Å². The molecule has 0 aromatic carbocycles. The van der Waals surface area contributed by atoms with E-state index in [4.69, 9.17) is 0 Å². The van der Waals surface area contributed by atoms with E-state index < -0.39 is 0 Å². The predicted molar refractivity (Wildman–Crippen MR) is 37.8 cm³/mol. The molecule has 0 aliphatic rings. The molecule has 1 aromatic heterocycles. The zero-order valence-corrected chi connectivity index (χ0v) is 6.13. The number of aromatic nitrogens is 2. The van der Waals surface area contributed by atoms with Gasteiger partial charge in [-0.2, -0.15) is 7.28 Å². The molecular weight excluding hydrogens is 111 g/mol. The van der Waals surface area contributed by atoms with Crippen LogP contribution >= 0.6 is 0 Å². The summed E-state index contributed by atoms with van der Waals surface area (Å²) in [5.41, 5.74) is 1.23. The second-order valence-electron chi connectivity index (χ2n) is 2.17. The van der Waals surface area contributed by atoms with Crippen LogP contribution in [-0.4, -0.2) is 11.8 Å². The van der Waals surface area contributed by atoms with Crippen molar-refractivity contribution in [1.29, 1.82) is 0 Å². The van der Waals surface area contributed by atoms with Crippen LogP contribution in [0.4, 0.5) is 0 Å². The van der Waals surface area contributed by atoms with E-state index in [1.807, 2.05) is 33.3 Å². The van der Waals surface area contributed by atoms with Crippen molar-refractivity contribution < 1.29 is 4.57 Å². The summed E-state index contributed by atoms with van der Waals surface area (Å²) in [7, 11) is 6.16. The molecule has 9 heavy (non-hydrogen) atoms. The molecule has 0 bridgehead atoms. The Morgan fingerprint density at radius 2 is 2.33 bits per heavy atom. The Bertz CT molecular complexity index is 185. The summed E-state index contributed by atoms with van der Waals surface area (Å²) < 4.78 is 4.17. The molecule has 0 atom stereocenters. The molecule has 0 saturated heterocycles. The van der Waals surface area contributed by atoms with Gasteiger partial charge >= 0.3 is 0 Å². The average molecular weight is 122 g/mol. The summed E-state index contributed by atoms with van der Waals surface area (Å²) >= 11 is 0. The minimum atomic E-state index is 1.23. The minimum absolute atomic E-state index is 1.23. The first-order valence-electron chi connectivity index (χ1n) is 3.06. The van der Waals surface area contributed by atoms with Gasteiger partial charge < -0.3 is 0 Å². The van der Waals surface area contributed by atoms with Gasteiger partial charge in [-0.25, -0.2) is 6.82 Å². The van der Waals surface area contributed by atoms with Gasteiger partial charge in [0, 0.05) is 5.72 Å². The Morgan fingerprint density at radius 1 is 1.67 bits per heavy atom. The summed E-state index contributed by atoms with van der Waals surface area (Å²) in [6.45, 7) is 2.04. The van der Waals surface area contributed by atoms with Gasteiger partial charge in [-0.1, -0.05) is 0 Å². The summed E-state index contributed by atoms with van der Waals surface area (Å²) in [4.78, 5) is 0. The number of hydrogen-bond donors (Lipinski definition) is 0. The van der Waals surface area contributed by atoms with Gasteiger partial charge in [-0.05, 0) is 0 Å². The van der Waals surface area contributed by atoms with Gasteiger partial charge in [0.15, 0.2) is 0 Å². The Hall–Kier alpha value is -0.725. The van der Waals surface area contributed by atoms with Gasteiger partial charge in [0.2, 0.25) is 0 Å². The fourth-order valence-corrected chi connectivity index (χ4v) is 1.01. The SMILES string of the molecule is C[B-]c1n(C)cc[n+]1C. The molecule has 2 nitrogen and oxygen atoms in total. The number of imidazole rings is 1. The third-order valence-corrected chi connectivity index (χ3v) is 1.49. The quantitative estimate of drug-likeness (QED) is 0.341. The molecule has 0 aliphatic heterocycles. The average Bonchev–Trinajstić information content (AvgIpc) is 2.12. The molecule has 0 fully saturated rings. The van der Waals surface area contributed by atoms with Crippen molar-refractivity contribution in [3.63, 3.8) is 0 Å². The smallest absolute Gasteiger partial charge is 0.125 e. The maximum atomic E-state index is 2.08. The fraction of sp³-hybridized carbons (Fsp3) is 0.500. The lowest BCUT2D eigenvalue weighted by Gasteiger charge is -2.03. The molecule has 48 valence electrons. The monoisotopic (exact) mass is 122 g/mol. The maximum Gasteiger partial charge on any atom is 0.125 e. The summed E-state index contributed by atoms with van der Waals surface area (Å²) in [5.74, 6) is 0. The Kier molecular flexibility index (Phi) is 1.60. The Morgan fingerprint density at radius 3 is 2.56 bits per heavy atom. The third kappa shape index (κ3) is 0.993. The lowest BCUT2D eigenvalue weighted by atomic mass is 9.81. The van der Waals surface area contributed by atoms with Gasteiger partial charge in [0.25, 0.3) is 0 Å². The van der Waals surface area contributed by atoms with Crippen LogP contribution in [-0.2, 0) is 14.1 Å². The molecule has 0 unspecified atom stereocenters. The van der Waals surface area contributed by atoms with Crippen LogP contribution in [0.2, 0.25) is 6.82 Å². The summed E-state index contributed by atoms with van der Waals surface area (Å²) in [5, 5.41) is 0. The van der Waals surface area contributed by atoms with Crippen molar-refractivity contribution in [2.75, 3.05) is 0 Å². The lowest BCUT2D eigenvalue weighted by Crippen LogP contribution is -2.48. The van der Waals surface area contributed by atoms with E-state index in [1.165, 1.54) is 5.72 Å². The fourth-order valence-electron chi connectivity index (χ4n) is 1.01. The van der Waals surface area contributed by atoms with E-state index in [9.17, 15) is 0 Å². The number of nitrogens with zero attached hydrogens (tertiary/aromatic N) is 2. The van der Waals surface area contributed by atoms with Crippen LogP contribution in [0.15, 0.2) is 12.4 Å². The normalized spacial score (nSPS) is 10.1. The lowest BCUT2D eigenvalue weighted by molar-refractivity contribution is -0.653. The number of aryl methyl sites for hydroxylation is 2. The molecule has 3 heteroatoms. The Balaban J connectivity index is 3.07. The molecule has 1 heterocycles. The molecule has 2 radical (unpaired) electrons. The Labute approximate surface area is 56.4 Å². The zero-order chi connectivity index (χ0) is 6.85. The minimum Gasteiger partial charge on any atom is -0.280 e. The van der Waals surface area contributed by atoms with Gasteiger partial charge in [-0.3, -0.25) is 9.13 Å². The maximum absolute atomic E-state index is 2.08.